The van der Waals surface area contributed by atoms with Crippen molar-refractivity contribution in [3.05, 3.63) is 0 Å². The van der Waals surface area contributed by atoms with Crippen molar-refractivity contribution in [2.24, 2.45) is 5.41 Å². The first-order valence-electron chi connectivity index (χ1n) is 7.42. The summed E-state index contributed by atoms with van der Waals surface area (Å²) in [6, 6.07) is -0.182. The smallest absolute Gasteiger partial charge is 0.242 e. The highest BCUT2D eigenvalue weighted by Gasteiger charge is 2.26. The van der Waals surface area contributed by atoms with E-state index in [4.69, 9.17) is 0 Å². The minimum absolute atomic E-state index is 0.0653. The predicted octanol–water partition coefficient (Wildman–Crippen LogP) is 2.38. The maximum atomic E-state index is 12.1. The molecule has 2 N–H and O–H groups in total. The van der Waals surface area contributed by atoms with Gasteiger partial charge in [0.05, 0.1) is 0 Å². The highest BCUT2D eigenvalue weighted by molar-refractivity contribution is 5.89. The Morgan fingerprint density at radius 2 is 1.58 bits per heavy atom. The second-order valence-corrected chi connectivity index (χ2v) is 6.64. The Morgan fingerprint density at radius 1 is 1.05 bits per heavy atom. The Bertz CT molecular complexity index is 313. The van der Waals surface area contributed by atoms with Crippen LogP contribution in [0.15, 0.2) is 0 Å². The Balaban J connectivity index is 2.41. The Kier molecular flexibility index (Phi) is 5.83. The maximum absolute atomic E-state index is 12.1. The molecule has 0 aromatic carbocycles. The molecule has 0 saturated heterocycles. The summed E-state index contributed by atoms with van der Waals surface area (Å²) in [5.41, 5.74) is -0.461. The molecule has 0 aromatic rings. The summed E-state index contributed by atoms with van der Waals surface area (Å²) < 4.78 is 0. The number of amides is 2. The maximum Gasteiger partial charge on any atom is 0.242 e. The van der Waals surface area contributed by atoms with E-state index in [-0.39, 0.29) is 17.9 Å². The number of hydrogen-bond acceptors (Lipinski definition) is 2. The molecule has 19 heavy (non-hydrogen) atoms. The van der Waals surface area contributed by atoms with Crippen LogP contribution in [0.5, 0.6) is 0 Å². The first-order chi connectivity index (χ1) is 8.80. The van der Waals surface area contributed by atoms with E-state index in [2.05, 4.69) is 10.6 Å². The van der Waals surface area contributed by atoms with E-state index in [1.807, 2.05) is 20.8 Å². The zero-order valence-electron chi connectivity index (χ0n) is 12.7. The zero-order chi connectivity index (χ0) is 14.5. The topological polar surface area (TPSA) is 58.2 Å². The molecule has 0 heterocycles. The van der Waals surface area contributed by atoms with E-state index in [1.54, 1.807) is 6.92 Å². The molecule has 0 radical (unpaired) electrons. The van der Waals surface area contributed by atoms with E-state index < -0.39 is 11.5 Å². The van der Waals surface area contributed by atoms with Crippen LogP contribution in [0.1, 0.15) is 66.2 Å². The summed E-state index contributed by atoms with van der Waals surface area (Å²) in [5, 5.41) is 5.84. The first kappa shape index (κ1) is 16.0. The molecule has 1 rings (SSSR count). The summed E-state index contributed by atoms with van der Waals surface area (Å²) >= 11 is 0. The van der Waals surface area contributed by atoms with Gasteiger partial charge in [0, 0.05) is 11.5 Å². The average molecular weight is 268 g/mol. The highest BCUT2D eigenvalue weighted by atomic mass is 16.2. The van der Waals surface area contributed by atoms with Gasteiger partial charge in [0.15, 0.2) is 0 Å². The van der Waals surface area contributed by atoms with Crippen LogP contribution in [0.2, 0.25) is 0 Å². The van der Waals surface area contributed by atoms with Crippen molar-refractivity contribution in [1.82, 2.24) is 10.6 Å². The van der Waals surface area contributed by atoms with Gasteiger partial charge in [-0.2, -0.15) is 0 Å². The van der Waals surface area contributed by atoms with Crippen LogP contribution >= 0.6 is 0 Å². The lowest BCUT2D eigenvalue weighted by Gasteiger charge is -2.23. The van der Waals surface area contributed by atoms with Crippen LogP contribution in [-0.2, 0) is 9.59 Å². The summed E-state index contributed by atoms with van der Waals surface area (Å²) in [7, 11) is 0. The Hall–Kier alpha value is -1.06. The van der Waals surface area contributed by atoms with Crippen molar-refractivity contribution in [2.75, 3.05) is 0 Å². The van der Waals surface area contributed by atoms with Gasteiger partial charge in [-0.05, 0) is 19.8 Å². The molecule has 1 fully saturated rings. The molecule has 0 bridgehead atoms. The fraction of sp³-hybridized carbons (Fsp3) is 0.867. The van der Waals surface area contributed by atoms with Gasteiger partial charge >= 0.3 is 0 Å². The van der Waals surface area contributed by atoms with Gasteiger partial charge in [0.25, 0.3) is 0 Å². The van der Waals surface area contributed by atoms with Gasteiger partial charge < -0.3 is 10.6 Å². The number of rotatable bonds is 3. The second-order valence-electron chi connectivity index (χ2n) is 6.64. The minimum atomic E-state index is -0.463. The SMILES string of the molecule is CC(NC(=O)C(C)(C)C)C(=O)NC1CCCCCC1. The molecule has 1 aliphatic rings. The lowest BCUT2D eigenvalue weighted by Crippen LogP contribution is -2.50. The molecule has 0 aliphatic heterocycles. The molecule has 1 unspecified atom stereocenters. The summed E-state index contributed by atoms with van der Waals surface area (Å²) in [5.74, 6) is -0.152. The summed E-state index contributed by atoms with van der Waals surface area (Å²) in [6.07, 6.45) is 7.03. The average Bonchev–Trinajstić information content (AvgIpc) is 2.56. The Morgan fingerprint density at radius 3 is 2.05 bits per heavy atom. The fourth-order valence-corrected chi connectivity index (χ4v) is 2.23. The number of hydrogen-bond donors (Lipinski definition) is 2. The third-order valence-corrected chi connectivity index (χ3v) is 3.62. The zero-order valence-corrected chi connectivity index (χ0v) is 12.7. The molecule has 0 aromatic heterocycles. The quantitative estimate of drug-likeness (QED) is 0.772. The van der Waals surface area contributed by atoms with Crippen LogP contribution < -0.4 is 10.6 Å². The lowest BCUT2D eigenvalue weighted by atomic mass is 9.95. The van der Waals surface area contributed by atoms with Crippen molar-refractivity contribution in [3.8, 4) is 0 Å². The van der Waals surface area contributed by atoms with Gasteiger partial charge in [0.2, 0.25) is 11.8 Å². The van der Waals surface area contributed by atoms with E-state index >= 15 is 0 Å². The third-order valence-electron chi connectivity index (χ3n) is 3.62. The van der Waals surface area contributed by atoms with Crippen LogP contribution in [0.25, 0.3) is 0 Å². The van der Waals surface area contributed by atoms with Crippen molar-refractivity contribution < 1.29 is 9.59 Å². The molecule has 4 nitrogen and oxygen atoms in total. The van der Waals surface area contributed by atoms with Crippen molar-refractivity contribution in [2.45, 2.75) is 78.3 Å². The molecule has 1 aliphatic carbocycles. The molecular weight excluding hydrogens is 240 g/mol. The van der Waals surface area contributed by atoms with Crippen molar-refractivity contribution in [1.29, 1.82) is 0 Å². The Labute approximate surface area is 116 Å². The molecule has 0 spiro atoms. The first-order valence-corrected chi connectivity index (χ1v) is 7.42. The van der Waals surface area contributed by atoms with Crippen molar-refractivity contribution in [3.63, 3.8) is 0 Å². The number of nitrogens with one attached hydrogen (secondary N) is 2. The molecule has 110 valence electrons. The van der Waals surface area contributed by atoms with Gasteiger partial charge in [-0.3, -0.25) is 9.59 Å². The normalized spacial score (nSPS) is 19.4. The lowest BCUT2D eigenvalue weighted by molar-refractivity contribution is -0.133. The van der Waals surface area contributed by atoms with Gasteiger partial charge in [-0.15, -0.1) is 0 Å². The molecule has 1 saturated carbocycles. The van der Waals surface area contributed by atoms with Crippen LogP contribution in [0.3, 0.4) is 0 Å². The monoisotopic (exact) mass is 268 g/mol. The fourth-order valence-electron chi connectivity index (χ4n) is 2.23. The summed E-state index contributed by atoms with van der Waals surface area (Å²) in [4.78, 5) is 23.9. The molecule has 4 heteroatoms. The van der Waals surface area contributed by atoms with Gasteiger partial charge in [-0.1, -0.05) is 46.5 Å². The standard InChI is InChI=1S/C15H28N2O2/c1-11(16-14(19)15(2,3)4)13(18)17-12-9-7-5-6-8-10-12/h11-12H,5-10H2,1-4H3,(H,16,19)(H,17,18). The van der Waals surface area contributed by atoms with Crippen molar-refractivity contribution >= 4 is 11.8 Å². The van der Waals surface area contributed by atoms with Gasteiger partial charge in [0.1, 0.15) is 6.04 Å². The molecular formula is C15H28N2O2. The van der Waals surface area contributed by atoms with Crippen LogP contribution in [0.4, 0.5) is 0 Å². The van der Waals surface area contributed by atoms with E-state index in [0.29, 0.717) is 0 Å². The number of carbonyl (C=O) groups excluding carboxylic acids is 2. The number of carbonyl (C=O) groups is 2. The minimum Gasteiger partial charge on any atom is -0.352 e. The highest BCUT2D eigenvalue weighted by Crippen LogP contribution is 2.17. The molecule has 2 amide bonds. The van der Waals surface area contributed by atoms with E-state index in [1.165, 1.54) is 25.7 Å². The largest absolute Gasteiger partial charge is 0.352 e. The van der Waals surface area contributed by atoms with Gasteiger partial charge in [-0.25, -0.2) is 0 Å². The second kappa shape index (κ2) is 6.92. The summed E-state index contributed by atoms with van der Waals surface area (Å²) in [6.45, 7) is 7.28. The van der Waals surface area contributed by atoms with E-state index in [0.717, 1.165) is 12.8 Å². The predicted molar refractivity (Wildman–Crippen MR) is 76.7 cm³/mol. The van der Waals surface area contributed by atoms with E-state index in [9.17, 15) is 9.59 Å². The molecule has 1 atom stereocenters. The van der Waals surface area contributed by atoms with Crippen LogP contribution in [0, 0.1) is 5.41 Å². The van der Waals surface area contributed by atoms with Crippen LogP contribution in [-0.4, -0.2) is 23.9 Å². The third kappa shape index (κ3) is 5.62.